The summed E-state index contributed by atoms with van der Waals surface area (Å²) in [5.74, 6) is 0.0652. The molecule has 0 aliphatic heterocycles. The van der Waals surface area contributed by atoms with E-state index >= 15 is 0 Å². The summed E-state index contributed by atoms with van der Waals surface area (Å²) in [5.41, 5.74) is 0. The monoisotopic (exact) mass is 169 g/mol. The Morgan fingerprint density at radius 1 is 1.50 bits per heavy atom. The van der Waals surface area contributed by atoms with Crippen molar-refractivity contribution in [2.45, 2.75) is 26.3 Å². The van der Waals surface area contributed by atoms with Crippen molar-refractivity contribution < 1.29 is 4.39 Å². The molecule has 3 nitrogen and oxygen atoms in total. The highest BCUT2D eigenvalue weighted by Crippen LogP contribution is 2.01. The number of nitrogens with one attached hydrogen (secondary N) is 1. The van der Waals surface area contributed by atoms with Crippen molar-refractivity contribution in [3.63, 3.8) is 0 Å². The minimum atomic E-state index is -0.412. The van der Waals surface area contributed by atoms with Crippen LogP contribution in [0.5, 0.6) is 0 Å². The van der Waals surface area contributed by atoms with E-state index in [4.69, 9.17) is 0 Å². The van der Waals surface area contributed by atoms with E-state index < -0.39 is 5.82 Å². The van der Waals surface area contributed by atoms with Gasteiger partial charge in [0.1, 0.15) is 0 Å². The predicted octanol–water partition coefficient (Wildman–Crippen LogP) is 1.83. The highest BCUT2D eigenvalue weighted by molar-refractivity contribution is 5.23. The summed E-state index contributed by atoms with van der Waals surface area (Å²) in [4.78, 5) is 7.54. The fourth-order valence-electron chi connectivity index (χ4n) is 0.709. The normalized spacial score (nSPS) is 12.6. The van der Waals surface area contributed by atoms with Gasteiger partial charge in [-0.15, -0.1) is 0 Å². The van der Waals surface area contributed by atoms with Crippen molar-refractivity contribution in [1.82, 2.24) is 9.97 Å². The third kappa shape index (κ3) is 2.45. The fraction of sp³-hybridized carbons (Fsp3) is 0.500. The van der Waals surface area contributed by atoms with Crippen LogP contribution in [0.1, 0.15) is 20.3 Å². The molecule has 1 aromatic heterocycles. The van der Waals surface area contributed by atoms with Gasteiger partial charge < -0.3 is 5.32 Å². The van der Waals surface area contributed by atoms with Gasteiger partial charge in [0.2, 0.25) is 5.95 Å². The molecular weight excluding hydrogens is 157 g/mol. The zero-order valence-electron chi connectivity index (χ0n) is 7.21. The minimum Gasteiger partial charge on any atom is -0.352 e. The lowest BCUT2D eigenvalue weighted by molar-refractivity contribution is 0.613. The third-order valence-corrected chi connectivity index (χ3v) is 1.61. The summed E-state index contributed by atoms with van der Waals surface area (Å²) in [6.07, 6.45) is 3.29. The molecule has 0 bridgehead atoms. The first-order valence-electron chi connectivity index (χ1n) is 3.96. The molecule has 0 radical (unpaired) electrons. The molecule has 0 fully saturated rings. The maximum Gasteiger partial charge on any atom is 0.222 e. The SMILES string of the molecule is CC[C@@H](C)Nc1ncc(F)cn1. The molecule has 4 heteroatoms. The average Bonchev–Trinajstić information content (AvgIpc) is 2.09. The van der Waals surface area contributed by atoms with Gasteiger partial charge in [0.05, 0.1) is 12.4 Å². The Kier molecular flexibility index (Phi) is 2.96. The summed E-state index contributed by atoms with van der Waals surface area (Å²) in [6.45, 7) is 4.08. The molecule has 0 spiro atoms. The van der Waals surface area contributed by atoms with Crippen molar-refractivity contribution in [2.75, 3.05) is 5.32 Å². The Bertz CT molecular complexity index is 235. The standard InChI is InChI=1S/C8H12FN3/c1-3-6(2)12-8-10-4-7(9)5-11-8/h4-6H,3H2,1-2H3,(H,10,11,12)/t6-/m1/s1. The van der Waals surface area contributed by atoms with E-state index in [0.717, 1.165) is 18.8 Å². The van der Waals surface area contributed by atoms with Gasteiger partial charge in [-0.05, 0) is 13.3 Å². The first-order chi connectivity index (χ1) is 5.72. The molecule has 1 rings (SSSR count). The molecule has 66 valence electrons. The molecular formula is C8H12FN3. The topological polar surface area (TPSA) is 37.8 Å². The lowest BCUT2D eigenvalue weighted by Crippen LogP contribution is -2.15. The van der Waals surface area contributed by atoms with Crippen molar-refractivity contribution in [2.24, 2.45) is 0 Å². The summed E-state index contributed by atoms with van der Waals surface area (Å²) >= 11 is 0. The van der Waals surface area contributed by atoms with E-state index in [2.05, 4.69) is 22.2 Å². The van der Waals surface area contributed by atoms with Gasteiger partial charge in [-0.3, -0.25) is 0 Å². The van der Waals surface area contributed by atoms with Crippen LogP contribution in [0.15, 0.2) is 12.4 Å². The Labute approximate surface area is 71.0 Å². The van der Waals surface area contributed by atoms with Crippen LogP contribution in [0.3, 0.4) is 0 Å². The molecule has 0 aliphatic rings. The molecule has 0 amide bonds. The second-order valence-electron chi connectivity index (χ2n) is 2.68. The number of rotatable bonds is 3. The van der Waals surface area contributed by atoms with Crippen LogP contribution in [0.25, 0.3) is 0 Å². The smallest absolute Gasteiger partial charge is 0.222 e. The molecule has 1 heterocycles. The van der Waals surface area contributed by atoms with Gasteiger partial charge in [0.15, 0.2) is 5.82 Å². The molecule has 1 atom stereocenters. The number of nitrogens with zero attached hydrogens (tertiary/aromatic N) is 2. The number of aromatic nitrogens is 2. The quantitative estimate of drug-likeness (QED) is 0.750. The van der Waals surface area contributed by atoms with Crippen molar-refractivity contribution in [1.29, 1.82) is 0 Å². The minimum absolute atomic E-state index is 0.315. The number of hydrogen-bond donors (Lipinski definition) is 1. The molecule has 12 heavy (non-hydrogen) atoms. The Hall–Kier alpha value is -1.19. The molecule has 0 saturated heterocycles. The summed E-state index contributed by atoms with van der Waals surface area (Å²) in [5, 5.41) is 3.03. The second kappa shape index (κ2) is 3.99. The zero-order valence-corrected chi connectivity index (χ0v) is 7.21. The number of hydrogen-bond acceptors (Lipinski definition) is 3. The lowest BCUT2D eigenvalue weighted by atomic mass is 10.3. The third-order valence-electron chi connectivity index (χ3n) is 1.61. The van der Waals surface area contributed by atoms with E-state index in [1.54, 1.807) is 0 Å². The number of halogens is 1. The molecule has 0 unspecified atom stereocenters. The van der Waals surface area contributed by atoms with Gasteiger partial charge >= 0.3 is 0 Å². The zero-order chi connectivity index (χ0) is 8.97. The van der Waals surface area contributed by atoms with Crippen LogP contribution in [0, 0.1) is 5.82 Å². The predicted molar refractivity (Wildman–Crippen MR) is 45.4 cm³/mol. The van der Waals surface area contributed by atoms with E-state index in [0.29, 0.717) is 12.0 Å². The second-order valence-corrected chi connectivity index (χ2v) is 2.68. The van der Waals surface area contributed by atoms with E-state index in [1.807, 2.05) is 6.92 Å². The van der Waals surface area contributed by atoms with Gasteiger partial charge in [-0.1, -0.05) is 6.92 Å². The fourth-order valence-corrected chi connectivity index (χ4v) is 0.709. The maximum absolute atomic E-state index is 12.4. The van der Waals surface area contributed by atoms with Crippen molar-refractivity contribution in [3.05, 3.63) is 18.2 Å². The Balaban J connectivity index is 2.58. The number of anilines is 1. The van der Waals surface area contributed by atoms with Gasteiger partial charge in [0.25, 0.3) is 0 Å². The van der Waals surface area contributed by atoms with Gasteiger partial charge in [-0.2, -0.15) is 0 Å². The Morgan fingerprint density at radius 2 is 2.08 bits per heavy atom. The molecule has 0 aromatic carbocycles. The molecule has 1 aromatic rings. The first-order valence-corrected chi connectivity index (χ1v) is 3.96. The summed E-state index contributed by atoms with van der Waals surface area (Å²) < 4.78 is 12.4. The summed E-state index contributed by atoms with van der Waals surface area (Å²) in [6, 6.07) is 0.315. The van der Waals surface area contributed by atoms with Crippen LogP contribution in [0.4, 0.5) is 10.3 Å². The van der Waals surface area contributed by atoms with Gasteiger partial charge in [0, 0.05) is 6.04 Å². The Morgan fingerprint density at radius 3 is 2.58 bits per heavy atom. The van der Waals surface area contributed by atoms with Crippen LogP contribution in [0.2, 0.25) is 0 Å². The van der Waals surface area contributed by atoms with Crippen LogP contribution >= 0.6 is 0 Å². The van der Waals surface area contributed by atoms with Crippen LogP contribution in [-0.4, -0.2) is 16.0 Å². The summed E-state index contributed by atoms with van der Waals surface area (Å²) in [7, 11) is 0. The highest BCUT2D eigenvalue weighted by atomic mass is 19.1. The maximum atomic E-state index is 12.4. The molecule has 0 aliphatic carbocycles. The molecule has 1 N–H and O–H groups in total. The van der Waals surface area contributed by atoms with Gasteiger partial charge in [-0.25, -0.2) is 14.4 Å². The lowest BCUT2D eigenvalue weighted by Gasteiger charge is -2.09. The first kappa shape index (κ1) is 8.90. The van der Waals surface area contributed by atoms with E-state index in [1.165, 1.54) is 0 Å². The highest BCUT2D eigenvalue weighted by Gasteiger charge is 2.00. The van der Waals surface area contributed by atoms with Crippen molar-refractivity contribution in [3.8, 4) is 0 Å². The van der Waals surface area contributed by atoms with E-state index in [9.17, 15) is 4.39 Å². The van der Waals surface area contributed by atoms with Crippen LogP contribution in [-0.2, 0) is 0 Å². The van der Waals surface area contributed by atoms with E-state index in [-0.39, 0.29) is 0 Å². The largest absolute Gasteiger partial charge is 0.352 e. The van der Waals surface area contributed by atoms with Crippen molar-refractivity contribution >= 4 is 5.95 Å². The molecule has 0 saturated carbocycles. The van der Waals surface area contributed by atoms with Crippen LogP contribution < -0.4 is 5.32 Å². The average molecular weight is 169 g/mol.